The van der Waals surface area contributed by atoms with Crippen LogP contribution in [0.25, 0.3) is 0 Å². The number of phenols is 1. The summed E-state index contributed by atoms with van der Waals surface area (Å²) in [5, 5.41) is 17.8. The number of halogens is 3. The molecule has 1 aliphatic rings. The van der Waals surface area contributed by atoms with E-state index in [0.717, 1.165) is 4.90 Å². The lowest BCUT2D eigenvalue weighted by molar-refractivity contribution is -0.138. The molecular formula is C13H12F3NO4. The molecule has 1 aliphatic heterocycles. The second kappa shape index (κ2) is 5.63. The molecule has 1 heterocycles. The third-order valence-electron chi connectivity index (χ3n) is 3.40. The summed E-state index contributed by atoms with van der Waals surface area (Å²) in [5.74, 6) is -8.54. The van der Waals surface area contributed by atoms with Gasteiger partial charge < -0.3 is 15.1 Å². The molecule has 8 heteroatoms. The van der Waals surface area contributed by atoms with E-state index in [4.69, 9.17) is 10.2 Å². The number of aromatic hydroxyl groups is 1. The van der Waals surface area contributed by atoms with Gasteiger partial charge in [-0.3, -0.25) is 9.59 Å². The maximum atomic E-state index is 13.7. The lowest BCUT2D eigenvalue weighted by atomic mass is 10.1. The molecule has 2 N–H and O–H groups in total. The van der Waals surface area contributed by atoms with Crippen LogP contribution in [0.1, 0.15) is 23.2 Å². The molecule has 0 saturated carbocycles. The Bertz CT molecular complexity index is 606. The lowest BCUT2D eigenvalue weighted by Gasteiger charge is -2.17. The predicted octanol–water partition coefficient (Wildman–Crippen LogP) is 1.75. The Morgan fingerprint density at radius 3 is 2.57 bits per heavy atom. The van der Waals surface area contributed by atoms with Gasteiger partial charge in [-0.05, 0) is 18.4 Å². The van der Waals surface area contributed by atoms with Crippen LogP contribution in [0, 0.1) is 23.4 Å². The molecular weight excluding hydrogens is 291 g/mol. The highest BCUT2D eigenvalue weighted by atomic mass is 19.2. The van der Waals surface area contributed by atoms with Gasteiger partial charge in [0.05, 0.1) is 5.56 Å². The molecule has 1 aromatic carbocycles. The van der Waals surface area contributed by atoms with Crippen LogP contribution in [0.5, 0.6) is 5.75 Å². The zero-order chi connectivity index (χ0) is 15.7. The van der Waals surface area contributed by atoms with Crippen molar-refractivity contribution in [1.82, 2.24) is 4.90 Å². The molecule has 0 aliphatic carbocycles. The summed E-state index contributed by atoms with van der Waals surface area (Å²) in [6.45, 7) is 0.278. The summed E-state index contributed by atoms with van der Waals surface area (Å²) in [7, 11) is 0. The highest BCUT2D eigenvalue weighted by Gasteiger charge is 2.31. The van der Waals surface area contributed by atoms with Gasteiger partial charge in [0.2, 0.25) is 5.82 Å². The highest BCUT2D eigenvalue weighted by Crippen LogP contribution is 2.28. The van der Waals surface area contributed by atoms with E-state index >= 15 is 0 Å². The molecule has 21 heavy (non-hydrogen) atoms. The van der Waals surface area contributed by atoms with Crippen molar-refractivity contribution in [2.75, 3.05) is 13.1 Å². The topological polar surface area (TPSA) is 77.8 Å². The van der Waals surface area contributed by atoms with Crippen molar-refractivity contribution in [2.45, 2.75) is 12.8 Å². The molecule has 0 bridgehead atoms. The first-order valence-corrected chi connectivity index (χ1v) is 6.18. The minimum absolute atomic E-state index is 0.0876. The van der Waals surface area contributed by atoms with Crippen LogP contribution in [0.3, 0.4) is 0 Å². The number of aliphatic carboxylic acids is 1. The largest absolute Gasteiger partial charge is 0.503 e. The van der Waals surface area contributed by atoms with Gasteiger partial charge in [0.15, 0.2) is 17.4 Å². The van der Waals surface area contributed by atoms with Crippen LogP contribution in [0.15, 0.2) is 6.07 Å². The second-order valence-corrected chi connectivity index (χ2v) is 4.89. The van der Waals surface area contributed by atoms with Crippen molar-refractivity contribution in [2.24, 2.45) is 5.92 Å². The summed E-state index contributed by atoms with van der Waals surface area (Å²) in [6, 6.07) is 0.386. The van der Waals surface area contributed by atoms with E-state index in [2.05, 4.69) is 0 Å². The number of hydrogen-bond donors (Lipinski definition) is 2. The van der Waals surface area contributed by atoms with Crippen LogP contribution in [-0.4, -0.2) is 40.1 Å². The van der Waals surface area contributed by atoms with E-state index in [1.807, 2.05) is 0 Å². The average molecular weight is 303 g/mol. The number of likely N-dealkylation sites (tertiary alicyclic amines) is 1. The molecule has 114 valence electrons. The minimum Gasteiger partial charge on any atom is -0.503 e. The maximum absolute atomic E-state index is 13.7. The highest BCUT2D eigenvalue weighted by molar-refractivity contribution is 5.95. The maximum Gasteiger partial charge on any atom is 0.303 e. The van der Waals surface area contributed by atoms with Crippen LogP contribution in [0.2, 0.25) is 0 Å². The Balaban J connectivity index is 2.20. The number of carbonyl (C=O) groups excluding carboxylic acids is 1. The van der Waals surface area contributed by atoms with Gasteiger partial charge in [-0.25, -0.2) is 8.78 Å². The number of phenolic OH excluding ortho intramolecular Hbond substituents is 1. The predicted molar refractivity (Wildman–Crippen MR) is 64.2 cm³/mol. The van der Waals surface area contributed by atoms with E-state index < -0.39 is 40.6 Å². The summed E-state index contributed by atoms with van der Waals surface area (Å²) in [4.78, 5) is 23.8. The average Bonchev–Trinajstić information content (AvgIpc) is 2.87. The molecule has 0 radical (unpaired) electrons. The first-order valence-electron chi connectivity index (χ1n) is 6.18. The van der Waals surface area contributed by atoms with Crippen LogP contribution < -0.4 is 0 Å². The van der Waals surface area contributed by atoms with E-state index in [0.29, 0.717) is 12.5 Å². The number of benzene rings is 1. The van der Waals surface area contributed by atoms with Gasteiger partial charge in [-0.2, -0.15) is 4.39 Å². The Morgan fingerprint density at radius 2 is 1.95 bits per heavy atom. The number of amides is 1. The molecule has 1 unspecified atom stereocenters. The number of rotatable bonds is 3. The fraction of sp³-hybridized carbons (Fsp3) is 0.385. The Hall–Kier alpha value is -2.25. The summed E-state index contributed by atoms with van der Waals surface area (Å²) in [6.07, 6.45) is 0.296. The Kier molecular flexibility index (Phi) is 4.06. The standard InChI is InChI=1S/C13H12F3NO4/c14-8-4-7(10(15)12(20)11(8)16)13(21)17-2-1-6(5-17)3-9(18)19/h4,6,20H,1-3,5H2,(H,18,19). The zero-order valence-electron chi connectivity index (χ0n) is 10.8. The quantitative estimate of drug-likeness (QED) is 0.834. The van der Waals surface area contributed by atoms with Crippen molar-refractivity contribution in [3.63, 3.8) is 0 Å². The smallest absolute Gasteiger partial charge is 0.303 e. The van der Waals surface area contributed by atoms with Gasteiger partial charge >= 0.3 is 5.97 Å². The van der Waals surface area contributed by atoms with Crippen molar-refractivity contribution in [1.29, 1.82) is 0 Å². The normalized spacial score (nSPS) is 18.0. The minimum atomic E-state index is -1.76. The van der Waals surface area contributed by atoms with Crippen molar-refractivity contribution < 1.29 is 33.0 Å². The van der Waals surface area contributed by atoms with Gasteiger partial charge in [-0.15, -0.1) is 0 Å². The molecule has 1 saturated heterocycles. The van der Waals surface area contributed by atoms with E-state index in [1.165, 1.54) is 0 Å². The molecule has 5 nitrogen and oxygen atoms in total. The Labute approximate surface area is 117 Å². The summed E-state index contributed by atoms with van der Waals surface area (Å²) in [5.41, 5.74) is -0.776. The van der Waals surface area contributed by atoms with E-state index in [1.54, 1.807) is 0 Å². The first kappa shape index (κ1) is 15.1. The lowest BCUT2D eigenvalue weighted by Crippen LogP contribution is -2.30. The summed E-state index contributed by atoms with van der Waals surface area (Å²) < 4.78 is 39.8. The fourth-order valence-corrected chi connectivity index (χ4v) is 2.35. The van der Waals surface area contributed by atoms with Crippen LogP contribution in [0.4, 0.5) is 13.2 Å². The van der Waals surface area contributed by atoms with Gasteiger partial charge in [-0.1, -0.05) is 0 Å². The van der Waals surface area contributed by atoms with Crippen LogP contribution in [-0.2, 0) is 4.79 Å². The monoisotopic (exact) mass is 303 g/mol. The third kappa shape index (κ3) is 2.93. The molecule has 2 rings (SSSR count). The second-order valence-electron chi connectivity index (χ2n) is 4.89. The molecule has 0 aromatic heterocycles. The van der Waals surface area contributed by atoms with Gasteiger partial charge in [0.25, 0.3) is 5.91 Å². The molecule has 1 atom stereocenters. The van der Waals surface area contributed by atoms with Gasteiger partial charge in [0.1, 0.15) is 0 Å². The molecule has 1 fully saturated rings. The number of carboxylic acid groups (broad SMARTS) is 1. The molecule has 1 aromatic rings. The first-order chi connectivity index (χ1) is 9.81. The van der Waals surface area contributed by atoms with Gasteiger partial charge in [0, 0.05) is 19.5 Å². The van der Waals surface area contributed by atoms with Crippen LogP contribution >= 0.6 is 0 Å². The number of carbonyl (C=O) groups is 2. The molecule has 1 amide bonds. The molecule has 0 spiro atoms. The van der Waals surface area contributed by atoms with E-state index in [9.17, 15) is 22.8 Å². The number of hydrogen-bond acceptors (Lipinski definition) is 3. The van der Waals surface area contributed by atoms with E-state index in [-0.39, 0.29) is 25.4 Å². The number of nitrogens with zero attached hydrogens (tertiary/aromatic N) is 1. The SMILES string of the molecule is O=C(O)CC1CCN(C(=O)c2cc(F)c(F)c(O)c2F)C1. The number of carboxylic acids is 1. The fourth-order valence-electron chi connectivity index (χ4n) is 2.35. The zero-order valence-corrected chi connectivity index (χ0v) is 10.8. The summed E-state index contributed by atoms with van der Waals surface area (Å²) >= 11 is 0. The third-order valence-corrected chi connectivity index (χ3v) is 3.40. The van der Waals surface area contributed by atoms with Crippen molar-refractivity contribution >= 4 is 11.9 Å². The van der Waals surface area contributed by atoms with Crippen molar-refractivity contribution in [3.05, 3.63) is 29.1 Å². The Morgan fingerprint density at radius 1 is 1.29 bits per heavy atom. The van der Waals surface area contributed by atoms with Crippen molar-refractivity contribution in [3.8, 4) is 5.75 Å².